The van der Waals surface area contributed by atoms with Gasteiger partial charge >= 0.3 is 20.4 Å². The largest absolute Gasteiger partial charge is 0.572 e. The van der Waals surface area contributed by atoms with E-state index in [2.05, 4.69) is 0 Å². The van der Waals surface area contributed by atoms with Gasteiger partial charge in [-0.25, -0.2) is 13.2 Å². The maximum Gasteiger partial charge on any atom is 0.572 e. The van der Waals surface area contributed by atoms with Crippen molar-refractivity contribution in [2.24, 2.45) is 0 Å². The van der Waals surface area contributed by atoms with Crippen LogP contribution >= 0.6 is 24.0 Å². The van der Waals surface area contributed by atoms with Crippen LogP contribution in [0, 0.1) is 0 Å². The molecule has 0 aliphatic heterocycles. The molecular weight excluding hydrogens is 292 g/mol. The molecule has 0 aliphatic rings. The highest BCUT2D eigenvalue weighted by atomic mass is 127. The lowest BCUT2D eigenvalue weighted by atomic mass is 10.4. The minimum Gasteiger partial charge on any atom is -0.206 e. The Kier molecular flexibility index (Phi) is 5.51. The Morgan fingerprint density at radius 3 is 1.92 bits per heavy atom. The Hall–Kier alpha value is 0.506. The summed E-state index contributed by atoms with van der Waals surface area (Å²) in [5.74, 6) is 0. The zero-order chi connectivity index (χ0) is 8.32. The van der Waals surface area contributed by atoms with Crippen LogP contribution in [-0.4, -0.2) is 24.7 Å². The van der Waals surface area contributed by atoms with Crippen molar-refractivity contribution in [1.29, 1.82) is 0 Å². The third-order valence-electron chi connectivity index (χ3n) is 1.25. The molecule has 0 heterocycles. The first-order valence-electron chi connectivity index (χ1n) is 3.18. The van der Waals surface area contributed by atoms with Crippen LogP contribution in [0.2, 0.25) is 0 Å². The molecule has 64 valence electrons. The summed E-state index contributed by atoms with van der Waals surface area (Å²) < 4.78 is 31.9. The van der Waals surface area contributed by atoms with Gasteiger partial charge in [-0.2, -0.15) is 3.69 Å². The molecule has 5 heteroatoms. The number of halogens is 4. The first-order valence-corrected chi connectivity index (χ1v) is 4.60. The van der Waals surface area contributed by atoms with Crippen LogP contribution in [0.15, 0.2) is 30.3 Å². The summed E-state index contributed by atoms with van der Waals surface area (Å²) in [5, 5.41) is 0. The molecule has 0 unspecified atom stereocenters. The lowest BCUT2D eigenvalue weighted by Crippen LogP contribution is -2.29. The summed E-state index contributed by atoms with van der Waals surface area (Å²) >= 11 is -2.07. The number of benzene rings is 1. The Balaban J connectivity index is 0.00000121. The van der Waals surface area contributed by atoms with E-state index in [0.717, 1.165) is 0 Å². The molecule has 0 aliphatic carbocycles. The summed E-state index contributed by atoms with van der Waals surface area (Å²) in [6, 6.07) is 8.04. The Morgan fingerprint density at radius 1 is 1.00 bits per heavy atom. The number of hydrogen-bond donors (Lipinski definition) is 0. The second-order valence-electron chi connectivity index (χ2n) is 2.28. The van der Waals surface area contributed by atoms with Gasteiger partial charge in [-0.1, -0.05) is 30.3 Å². The second kappa shape index (κ2) is 5.28. The van der Waals surface area contributed by atoms with Crippen molar-refractivity contribution >= 4 is 48.0 Å². The van der Waals surface area contributed by atoms with Crippen LogP contribution in [0.25, 0.3) is 0 Å². The first-order chi connectivity index (χ1) is 5.08. The summed E-state index contributed by atoms with van der Waals surface area (Å²) in [4.78, 5) is 0. The molecule has 0 nitrogen and oxygen atoms in total. The molecule has 0 N–H and O–H groups in total. The van der Waals surface area contributed by atoms with Crippen molar-refractivity contribution in [3.63, 3.8) is 0 Å². The van der Waals surface area contributed by atoms with Gasteiger partial charge in [0.05, 0.1) is 0 Å². The van der Waals surface area contributed by atoms with E-state index in [-0.39, 0.29) is 24.0 Å². The predicted molar refractivity (Wildman–Crippen MR) is 53.3 cm³/mol. The fraction of sp³-hybridized carbons (Fsp3) is 0.143. The van der Waals surface area contributed by atoms with Gasteiger partial charge in [0.1, 0.15) is 0 Å². The zero-order valence-corrected chi connectivity index (χ0v) is 9.88. The van der Waals surface area contributed by atoms with Gasteiger partial charge in [0.2, 0.25) is 0 Å². The van der Waals surface area contributed by atoms with Gasteiger partial charge in [0.15, 0.2) is 0 Å². The molecule has 0 saturated heterocycles. The average Bonchev–Trinajstić information content (AvgIpc) is 1.85. The molecule has 0 spiro atoms. The number of rotatable bonds is 1. The highest BCUT2D eigenvalue weighted by Gasteiger charge is 2.31. The molecule has 0 bridgehead atoms. The van der Waals surface area contributed by atoms with Crippen molar-refractivity contribution in [3.8, 4) is 0 Å². The predicted octanol–water partition coefficient (Wildman–Crippen LogP) is 2.15. The molecule has 12 heavy (non-hydrogen) atoms. The maximum absolute atomic E-state index is 11.8. The molecular formula is C7H6F3IMg. The third-order valence-corrected chi connectivity index (χ3v) is 2.53. The van der Waals surface area contributed by atoms with Crippen molar-refractivity contribution in [2.45, 2.75) is 4.31 Å². The highest BCUT2D eigenvalue weighted by molar-refractivity contribution is 14.0. The highest BCUT2D eigenvalue weighted by Crippen LogP contribution is 2.11. The average molecular weight is 298 g/mol. The Labute approximate surface area is 95.3 Å². The molecule has 0 fully saturated rings. The monoisotopic (exact) mass is 298 g/mol. The molecule has 0 aromatic heterocycles. The fourth-order valence-electron chi connectivity index (χ4n) is 0.827. The minimum absolute atomic E-state index is 0. The summed E-state index contributed by atoms with van der Waals surface area (Å²) in [5.41, 5.74) is 0. The second-order valence-corrected chi connectivity index (χ2v) is 4.25. The van der Waals surface area contributed by atoms with Crippen LogP contribution in [-0.2, 0) is 0 Å². The first kappa shape index (κ1) is 12.5. The van der Waals surface area contributed by atoms with Gasteiger partial charge < -0.3 is 0 Å². The van der Waals surface area contributed by atoms with E-state index >= 15 is 0 Å². The minimum atomic E-state index is -3.96. The van der Waals surface area contributed by atoms with Crippen LogP contribution < -0.4 is 3.69 Å². The normalized spacial score (nSPS) is 9.92. The van der Waals surface area contributed by atoms with Gasteiger partial charge in [0.25, 0.3) is 4.31 Å². The standard InChI is InChI=1S/C6H5.CF3.HI.Mg/c1-2-4-6-5-3-1;2-1(3)4;;/h1-5H;;1H;. The van der Waals surface area contributed by atoms with Crippen molar-refractivity contribution in [3.05, 3.63) is 30.3 Å². The van der Waals surface area contributed by atoms with E-state index in [1.807, 2.05) is 0 Å². The van der Waals surface area contributed by atoms with E-state index in [1.165, 1.54) is 12.1 Å². The maximum atomic E-state index is 11.8. The third kappa shape index (κ3) is 5.20. The summed E-state index contributed by atoms with van der Waals surface area (Å²) in [6.45, 7) is 0. The lowest BCUT2D eigenvalue weighted by Gasteiger charge is -2.03. The van der Waals surface area contributed by atoms with E-state index in [4.69, 9.17) is 0 Å². The van der Waals surface area contributed by atoms with Gasteiger partial charge in [-0.3, -0.25) is 0 Å². The Bertz CT molecular complexity index is 222. The zero-order valence-electron chi connectivity index (χ0n) is 6.14. The van der Waals surface area contributed by atoms with E-state index < -0.39 is 24.7 Å². The Morgan fingerprint density at radius 2 is 1.50 bits per heavy atom. The number of hydrogen-bond acceptors (Lipinski definition) is 0. The summed E-state index contributed by atoms with van der Waals surface area (Å²) in [7, 11) is 0. The molecule has 1 aromatic rings. The van der Waals surface area contributed by atoms with Crippen LogP contribution in [0.5, 0.6) is 0 Å². The van der Waals surface area contributed by atoms with Gasteiger partial charge in [-0.05, 0) is 0 Å². The van der Waals surface area contributed by atoms with Gasteiger partial charge in [0, 0.05) is 0 Å². The van der Waals surface area contributed by atoms with Crippen molar-refractivity contribution < 1.29 is 13.2 Å². The fourth-order valence-corrected chi connectivity index (χ4v) is 1.80. The van der Waals surface area contributed by atoms with E-state index in [0.29, 0.717) is 3.69 Å². The van der Waals surface area contributed by atoms with Crippen LogP contribution in [0.1, 0.15) is 0 Å². The van der Waals surface area contributed by atoms with Crippen LogP contribution in [0.4, 0.5) is 13.2 Å². The van der Waals surface area contributed by atoms with Crippen molar-refractivity contribution in [1.82, 2.24) is 0 Å². The molecule has 0 radical (unpaired) electrons. The van der Waals surface area contributed by atoms with Crippen LogP contribution in [0.3, 0.4) is 0 Å². The number of alkyl halides is 3. The van der Waals surface area contributed by atoms with Crippen molar-refractivity contribution in [2.75, 3.05) is 0 Å². The molecule has 1 rings (SSSR count). The van der Waals surface area contributed by atoms with Gasteiger partial charge in [-0.15, -0.1) is 24.0 Å². The molecule has 1 aromatic carbocycles. The smallest absolute Gasteiger partial charge is 0.206 e. The van der Waals surface area contributed by atoms with E-state index in [9.17, 15) is 13.2 Å². The molecule has 0 atom stereocenters. The quantitative estimate of drug-likeness (QED) is 0.550. The molecule has 0 saturated carbocycles. The lowest BCUT2D eigenvalue weighted by molar-refractivity contribution is -0.0455. The topological polar surface area (TPSA) is 0 Å². The van der Waals surface area contributed by atoms with E-state index in [1.54, 1.807) is 18.2 Å². The molecule has 0 amide bonds. The summed E-state index contributed by atoms with van der Waals surface area (Å²) in [6.07, 6.45) is 0. The SMILES string of the molecule is F[C](F)(F)[Mg][c]1ccccc1.I.